The molecule has 0 amide bonds. The fourth-order valence-corrected chi connectivity index (χ4v) is 1.75. The normalized spacial score (nSPS) is 11.2. The van der Waals surface area contributed by atoms with Crippen LogP contribution in [0.3, 0.4) is 0 Å². The Kier molecular flexibility index (Phi) is 4.32. The van der Waals surface area contributed by atoms with Gasteiger partial charge in [0.25, 0.3) is 5.56 Å². The van der Waals surface area contributed by atoms with Crippen LogP contribution in [0.15, 0.2) is 46.3 Å². The van der Waals surface area contributed by atoms with E-state index in [9.17, 15) is 13.6 Å². The highest BCUT2D eigenvalue weighted by Crippen LogP contribution is 2.18. The zero-order valence-electron chi connectivity index (χ0n) is 11.2. The van der Waals surface area contributed by atoms with Crippen molar-refractivity contribution in [1.29, 1.82) is 0 Å². The fraction of sp³-hybridized carbons (Fsp3) is 0.143. The monoisotopic (exact) mass is 293 g/mol. The van der Waals surface area contributed by atoms with E-state index >= 15 is 0 Å². The van der Waals surface area contributed by atoms with E-state index in [1.54, 1.807) is 25.1 Å². The second-order valence-corrected chi connectivity index (χ2v) is 4.27. The van der Waals surface area contributed by atoms with Gasteiger partial charge in [0.1, 0.15) is 11.6 Å². The van der Waals surface area contributed by atoms with Gasteiger partial charge in [-0.15, -0.1) is 0 Å². The molecule has 1 aromatic carbocycles. The van der Waals surface area contributed by atoms with Gasteiger partial charge in [0.15, 0.2) is 0 Å². The fourth-order valence-electron chi connectivity index (χ4n) is 1.75. The average molecular weight is 293 g/mol. The van der Waals surface area contributed by atoms with Gasteiger partial charge in [0, 0.05) is 11.6 Å². The molecular weight excluding hydrogens is 280 g/mol. The second-order valence-electron chi connectivity index (χ2n) is 4.27. The minimum absolute atomic E-state index is 0.0324. The number of benzene rings is 1. The predicted octanol–water partition coefficient (Wildman–Crippen LogP) is 2.22. The number of hydrogen-bond donors (Lipinski definition) is 1. The van der Waals surface area contributed by atoms with Gasteiger partial charge in [0.05, 0.1) is 6.21 Å². The standard InChI is InChI=1S/C14H13F2N3O2/c1-9-6-12(17)19(13(20)7-9)18-8-10-4-2-3-5-11(10)21-14(15)16/h2-8,14H,17H2,1H3/b18-8-. The molecule has 1 aromatic heterocycles. The van der Waals surface area contributed by atoms with E-state index < -0.39 is 12.2 Å². The predicted molar refractivity (Wildman–Crippen MR) is 75.9 cm³/mol. The van der Waals surface area contributed by atoms with Gasteiger partial charge in [-0.3, -0.25) is 4.79 Å². The number of halogens is 2. The minimum Gasteiger partial charge on any atom is -0.434 e. The summed E-state index contributed by atoms with van der Waals surface area (Å²) in [6.07, 6.45) is 1.24. The molecule has 0 fully saturated rings. The Morgan fingerprint density at radius 2 is 2.05 bits per heavy atom. The summed E-state index contributed by atoms with van der Waals surface area (Å²) in [5.74, 6) is 0.124. The number of aryl methyl sites for hydroxylation is 1. The number of nitrogens with zero attached hydrogens (tertiary/aromatic N) is 2. The van der Waals surface area contributed by atoms with Crippen molar-refractivity contribution in [2.45, 2.75) is 13.5 Å². The van der Waals surface area contributed by atoms with Crippen molar-refractivity contribution in [2.75, 3.05) is 5.73 Å². The van der Waals surface area contributed by atoms with E-state index in [-0.39, 0.29) is 11.6 Å². The van der Waals surface area contributed by atoms with E-state index in [1.165, 1.54) is 24.4 Å². The van der Waals surface area contributed by atoms with Crippen LogP contribution in [-0.2, 0) is 0 Å². The van der Waals surface area contributed by atoms with Crippen LogP contribution in [0.5, 0.6) is 5.75 Å². The van der Waals surface area contributed by atoms with E-state index in [1.807, 2.05) is 0 Å². The van der Waals surface area contributed by atoms with Crippen LogP contribution in [0.25, 0.3) is 0 Å². The second kappa shape index (κ2) is 6.17. The summed E-state index contributed by atoms with van der Waals surface area (Å²) in [5, 5.41) is 3.91. The summed E-state index contributed by atoms with van der Waals surface area (Å²) in [7, 11) is 0. The summed E-state index contributed by atoms with van der Waals surface area (Å²) >= 11 is 0. The van der Waals surface area contributed by atoms with Gasteiger partial charge in [-0.05, 0) is 30.7 Å². The number of nitrogen functional groups attached to an aromatic ring is 1. The molecule has 0 aliphatic heterocycles. The number of nitrogens with two attached hydrogens (primary N) is 1. The summed E-state index contributed by atoms with van der Waals surface area (Å²) in [5.41, 5.74) is 6.32. The molecule has 0 bridgehead atoms. The maximum atomic E-state index is 12.3. The van der Waals surface area contributed by atoms with E-state index in [0.717, 1.165) is 4.68 Å². The largest absolute Gasteiger partial charge is 0.434 e. The Labute approximate surface area is 119 Å². The molecule has 0 aliphatic rings. The molecule has 5 nitrogen and oxygen atoms in total. The van der Waals surface area contributed by atoms with Gasteiger partial charge < -0.3 is 10.5 Å². The highest BCUT2D eigenvalue weighted by atomic mass is 19.3. The molecule has 21 heavy (non-hydrogen) atoms. The van der Waals surface area contributed by atoms with Crippen LogP contribution < -0.4 is 16.0 Å². The van der Waals surface area contributed by atoms with Crippen molar-refractivity contribution in [3.8, 4) is 5.75 Å². The Balaban J connectivity index is 2.37. The molecule has 0 radical (unpaired) electrons. The van der Waals surface area contributed by atoms with Gasteiger partial charge in [-0.2, -0.15) is 18.6 Å². The third-order valence-electron chi connectivity index (χ3n) is 2.63. The van der Waals surface area contributed by atoms with Crippen LogP contribution in [0, 0.1) is 6.92 Å². The molecule has 110 valence electrons. The molecule has 0 saturated carbocycles. The first-order valence-electron chi connectivity index (χ1n) is 6.05. The van der Waals surface area contributed by atoms with Crippen molar-refractivity contribution >= 4 is 12.0 Å². The van der Waals surface area contributed by atoms with Crippen LogP contribution in [-0.4, -0.2) is 17.5 Å². The lowest BCUT2D eigenvalue weighted by Gasteiger charge is -2.07. The van der Waals surface area contributed by atoms with E-state index in [0.29, 0.717) is 11.1 Å². The van der Waals surface area contributed by atoms with Gasteiger partial charge in [0.2, 0.25) is 0 Å². The topological polar surface area (TPSA) is 69.6 Å². The number of rotatable bonds is 4. The lowest BCUT2D eigenvalue weighted by Crippen LogP contribution is -2.19. The molecule has 7 heteroatoms. The number of para-hydroxylation sites is 1. The van der Waals surface area contributed by atoms with Crippen molar-refractivity contribution in [2.24, 2.45) is 5.10 Å². The molecule has 2 N–H and O–H groups in total. The van der Waals surface area contributed by atoms with Gasteiger partial charge in [-0.25, -0.2) is 0 Å². The number of aromatic nitrogens is 1. The van der Waals surface area contributed by atoms with Crippen LogP contribution in [0.4, 0.5) is 14.6 Å². The first-order chi connectivity index (χ1) is 9.97. The molecule has 1 heterocycles. The third-order valence-corrected chi connectivity index (χ3v) is 2.63. The molecule has 2 rings (SSSR count). The molecule has 0 spiro atoms. The summed E-state index contributed by atoms with van der Waals surface area (Å²) in [6, 6.07) is 9.07. The molecule has 2 aromatic rings. The molecular formula is C14H13F2N3O2. The maximum Gasteiger partial charge on any atom is 0.387 e. The smallest absolute Gasteiger partial charge is 0.387 e. The van der Waals surface area contributed by atoms with Crippen molar-refractivity contribution < 1.29 is 13.5 Å². The van der Waals surface area contributed by atoms with Crippen molar-refractivity contribution in [3.05, 3.63) is 57.9 Å². The molecule has 0 atom stereocenters. The maximum absolute atomic E-state index is 12.3. The van der Waals surface area contributed by atoms with E-state index in [2.05, 4.69) is 9.84 Å². The van der Waals surface area contributed by atoms with E-state index in [4.69, 9.17) is 5.73 Å². The Morgan fingerprint density at radius 1 is 1.33 bits per heavy atom. The first-order valence-corrected chi connectivity index (χ1v) is 6.05. The average Bonchev–Trinajstić information content (AvgIpc) is 2.38. The quantitative estimate of drug-likeness (QED) is 0.879. The van der Waals surface area contributed by atoms with Crippen molar-refractivity contribution in [3.63, 3.8) is 0 Å². The Bertz CT molecular complexity index is 726. The number of anilines is 1. The SMILES string of the molecule is Cc1cc(N)n(/N=C\c2ccccc2OC(F)F)c(=O)c1. The number of alkyl halides is 2. The highest BCUT2D eigenvalue weighted by Gasteiger charge is 2.08. The Morgan fingerprint density at radius 3 is 2.71 bits per heavy atom. The van der Waals surface area contributed by atoms with Crippen molar-refractivity contribution in [1.82, 2.24) is 4.68 Å². The summed E-state index contributed by atoms with van der Waals surface area (Å²) < 4.78 is 29.9. The number of pyridine rings is 1. The zero-order valence-corrected chi connectivity index (χ0v) is 11.2. The molecule has 0 aliphatic carbocycles. The van der Waals surface area contributed by atoms with Crippen LogP contribution in [0.2, 0.25) is 0 Å². The highest BCUT2D eigenvalue weighted by molar-refractivity contribution is 5.83. The summed E-state index contributed by atoms with van der Waals surface area (Å²) in [4.78, 5) is 11.8. The summed E-state index contributed by atoms with van der Waals surface area (Å²) in [6.45, 7) is -1.20. The minimum atomic E-state index is -2.94. The Hall–Kier alpha value is -2.70. The first kappa shape index (κ1) is 14.7. The van der Waals surface area contributed by atoms with Gasteiger partial charge >= 0.3 is 6.61 Å². The van der Waals surface area contributed by atoms with Crippen LogP contribution >= 0.6 is 0 Å². The molecule has 0 saturated heterocycles. The molecule has 0 unspecified atom stereocenters. The number of hydrogen-bond acceptors (Lipinski definition) is 4. The lowest BCUT2D eigenvalue weighted by molar-refractivity contribution is -0.0499. The third kappa shape index (κ3) is 3.65. The van der Waals surface area contributed by atoms with Crippen LogP contribution in [0.1, 0.15) is 11.1 Å². The lowest BCUT2D eigenvalue weighted by atomic mass is 10.2. The number of ether oxygens (including phenoxy) is 1. The zero-order chi connectivity index (χ0) is 15.4. The van der Waals surface area contributed by atoms with Gasteiger partial charge in [-0.1, -0.05) is 12.1 Å².